The van der Waals surface area contributed by atoms with Crippen molar-refractivity contribution in [2.24, 2.45) is 0 Å². The maximum absolute atomic E-state index is 4.31. The van der Waals surface area contributed by atoms with Crippen molar-refractivity contribution in [3.63, 3.8) is 0 Å². The third-order valence-electron chi connectivity index (χ3n) is 3.70. The number of anilines is 1. The summed E-state index contributed by atoms with van der Waals surface area (Å²) >= 11 is 0. The Morgan fingerprint density at radius 3 is 3.15 bits per heavy atom. The third-order valence-corrected chi connectivity index (χ3v) is 3.70. The molecule has 0 spiro atoms. The van der Waals surface area contributed by atoms with E-state index in [-0.39, 0.29) is 0 Å². The molecule has 2 aromatic heterocycles. The fourth-order valence-corrected chi connectivity index (χ4v) is 2.63. The Balaban J connectivity index is 1.70. The second-order valence-corrected chi connectivity index (χ2v) is 5.09. The van der Waals surface area contributed by atoms with Gasteiger partial charge in [-0.1, -0.05) is 6.92 Å². The smallest absolute Gasteiger partial charge is 0.158 e. The molecule has 0 amide bonds. The van der Waals surface area contributed by atoms with Crippen molar-refractivity contribution in [3.8, 4) is 5.82 Å². The minimum atomic E-state index is 0.462. The molecule has 0 aromatic carbocycles. The number of likely N-dealkylation sites (N-methyl/N-ethyl adjacent to an activating group) is 1. The monoisotopic (exact) mass is 272 g/mol. The van der Waals surface area contributed by atoms with Gasteiger partial charge >= 0.3 is 0 Å². The maximum Gasteiger partial charge on any atom is 0.158 e. The molecule has 1 aliphatic rings. The normalized spacial score (nSPS) is 19.9. The van der Waals surface area contributed by atoms with Crippen molar-refractivity contribution >= 4 is 5.82 Å². The molecule has 1 saturated heterocycles. The second-order valence-electron chi connectivity index (χ2n) is 5.09. The molecule has 6 nitrogen and oxygen atoms in total. The Morgan fingerprint density at radius 2 is 2.35 bits per heavy atom. The van der Waals surface area contributed by atoms with E-state index in [1.165, 1.54) is 19.4 Å². The summed E-state index contributed by atoms with van der Waals surface area (Å²) in [6.45, 7) is 5.61. The molecule has 1 aliphatic heterocycles. The first-order chi connectivity index (χ1) is 9.85. The van der Waals surface area contributed by atoms with Gasteiger partial charge in [-0.15, -0.1) is 0 Å². The van der Waals surface area contributed by atoms with Crippen LogP contribution in [0.5, 0.6) is 0 Å². The van der Waals surface area contributed by atoms with Gasteiger partial charge in [-0.05, 0) is 32.0 Å². The minimum Gasteiger partial charge on any atom is -0.366 e. The van der Waals surface area contributed by atoms with Crippen LogP contribution in [0.4, 0.5) is 5.82 Å². The highest BCUT2D eigenvalue weighted by atomic mass is 15.3. The zero-order valence-corrected chi connectivity index (χ0v) is 11.7. The average Bonchev–Trinajstić information content (AvgIpc) is 3.02. The molecule has 1 unspecified atom stereocenters. The molecule has 106 valence electrons. The van der Waals surface area contributed by atoms with Crippen LogP contribution in [0.3, 0.4) is 0 Å². The van der Waals surface area contributed by atoms with Crippen LogP contribution in [0, 0.1) is 0 Å². The number of hydrogen-bond acceptors (Lipinski definition) is 5. The van der Waals surface area contributed by atoms with Crippen LogP contribution in [0.25, 0.3) is 5.82 Å². The average molecular weight is 272 g/mol. The van der Waals surface area contributed by atoms with Gasteiger partial charge in [0, 0.05) is 31.0 Å². The van der Waals surface area contributed by atoms with E-state index in [2.05, 4.69) is 32.2 Å². The van der Waals surface area contributed by atoms with Crippen LogP contribution in [-0.2, 0) is 0 Å². The Kier molecular flexibility index (Phi) is 3.92. The lowest BCUT2D eigenvalue weighted by molar-refractivity contribution is 0.226. The van der Waals surface area contributed by atoms with Crippen LogP contribution < -0.4 is 5.32 Å². The molecule has 6 heteroatoms. The van der Waals surface area contributed by atoms with E-state index in [0.29, 0.717) is 6.04 Å². The highest BCUT2D eigenvalue weighted by molar-refractivity contribution is 5.41. The first-order valence-corrected chi connectivity index (χ1v) is 7.16. The molecule has 0 bridgehead atoms. The zero-order chi connectivity index (χ0) is 13.8. The van der Waals surface area contributed by atoms with E-state index in [0.717, 1.165) is 24.7 Å². The predicted molar refractivity (Wildman–Crippen MR) is 77.9 cm³/mol. The molecule has 3 heterocycles. The fraction of sp³-hybridized carbons (Fsp3) is 0.500. The summed E-state index contributed by atoms with van der Waals surface area (Å²) < 4.78 is 1.74. The lowest BCUT2D eigenvalue weighted by Crippen LogP contribution is -2.42. The van der Waals surface area contributed by atoms with Gasteiger partial charge < -0.3 is 10.2 Å². The summed E-state index contributed by atoms with van der Waals surface area (Å²) in [5.41, 5.74) is 0. The van der Waals surface area contributed by atoms with Crippen LogP contribution in [0.2, 0.25) is 0 Å². The van der Waals surface area contributed by atoms with E-state index < -0.39 is 0 Å². The number of likely N-dealkylation sites (tertiary alicyclic amines) is 1. The molecule has 0 aliphatic carbocycles. The quantitative estimate of drug-likeness (QED) is 0.915. The van der Waals surface area contributed by atoms with E-state index in [4.69, 9.17) is 0 Å². The van der Waals surface area contributed by atoms with E-state index in [9.17, 15) is 0 Å². The second kappa shape index (κ2) is 6.00. The standard InChI is InChI=1S/C14H20N6/c1-2-19-7-3-5-12(10-19)18-13-9-14(16-11-15-13)20-8-4-6-17-20/h4,6,8-9,11-12H,2-3,5,7,10H2,1H3,(H,15,16,18). The Hall–Kier alpha value is -1.95. The summed E-state index contributed by atoms with van der Waals surface area (Å²) in [5, 5.41) is 7.70. The zero-order valence-electron chi connectivity index (χ0n) is 11.7. The van der Waals surface area contributed by atoms with Crippen LogP contribution in [0.1, 0.15) is 19.8 Å². The Bertz CT molecular complexity index is 538. The number of piperidine rings is 1. The summed E-state index contributed by atoms with van der Waals surface area (Å²) in [5.74, 6) is 1.66. The number of nitrogens with zero attached hydrogens (tertiary/aromatic N) is 5. The number of rotatable bonds is 4. The van der Waals surface area contributed by atoms with Crippen molar-refractivity contribution in [2.75, 3.05) is 25.0 Å². The molecular formula is C14H20N6. The van der Waals surface area contributed by atoms with Gasteiger partial charge in [0.25, 0.3) is 0 Å². The van der Waals surface area contributed by atoms with Gasteiger partial charge in [-0.25, -0.2) is 14.6 Å². The molecule has 2 aromatic rings. The van der Waals surface area contributed by atoms with Crippen molar-refractivity contribution in [1.82, 2.24) is 24.6 Å². The SMILES string of the molecule is CCN1CCCC(Nc2cc(-n3cccn3)ncn2)C1. The summed E-state index contributed by atoms with van der Waals surface area (Å²) in [7, 11) is 0. The Morgan fingerprint density at radius 1 is 1.40 bits per heavy atom. The highest BCUT2D eigenvalue weighted by Crippen LogP contribution is 2.15. The molecule has 1 atom stereocenters. The van der Waals surface area contributed by atoms with E-state index >= 15 is 0 Å². The largest absolute Gasteiger partial charge is 0.366 e. The van der Waals surface area contributed by atoms with Gasteiger partial charge in [-0.3, -0.25) is 0 Å². The molecule has 1 N–H and O–H groups in total. The lowest BCUT2D eigenvalue weighted by Gasteiger charge is -2.32. The molecule has 1 fully saturated rings. The van der Waals surface area contributed by atoms with Gasteiger partial charge in [0.15, 0.2) is 5.82 Å². The number of hydrogen-bond donors (Lipinski definition) is 1. The first kappa shape index (κ1) is 13.1. The van der Waals surface area contributed by atoms with Crippen LogP contribution >= 0.6 is 0 Å². The summed E-state index contributed by atoms with van der Waals surface area (Å²) in [6.07, 6.45) is 7.64. The topological polar surface area (TPSA) is 58.9 Å². The van der Waals surface area contributed by atoms with E-state index in [1.54, 1.807) is 17.2 Å². The predicted octanol–water partition coefficient (Wildman–Crippen LogP) is 1.56. The third kappa shape index (κ3) is 2.96. The van der Waals surface area contributed by atoms with Gasteiger partial charge in [0.1, 0.15) is 12.1 Å². The number of aromatic nitrogens is 4. The molecule has 0 radical (unpaired) electrons. The van der Waals surface area contributed by atoms with Crippen molar-refractivity contribution in [2.45, 2.75) is 25.8 Å². The maximum atomic E-state index is 4.31. The van der Waals surface area contributed by atoms with Crippen molar-refractivity contribution in [3.05, 3.63) is 30.9 Å². The van der Waals surface area contributed by atoms with Crippen molar-refractivity contribution < 1.29 is 0 Å². The number of nitrogens with one attached hydrogen (secondary N) is 1. The van der Waals surface area contributed by atoms with Gasteiger partial charge in [0.2, 0.25) is 0 Å². The summed E-state index contributed by atoms with van der Waals surface area (Å²) in [6, 6.07) is 4.29. The molecule has 3 rings (SSSR count). The van der Waals surface area contributed by atoms with Gasteiger partial charge in [0.05, 0.1) is 0 Å². The summed E-state index contributed by atoms with van der Waals surface area (Å²) in [4.78, 5) is 11.0. The molecule has 20 heavy (non-hydrogen) atoms. The van der Waals surface area contributed by atoms with E-state index in [1.807, 2.05) is 18.3 Å². The minimum absolute atomic E-state index is 0.462. The van der Waals surface area contributed by atoms with Crippen LogP contribution in [0.15, 0.2) is 30.9 Å². The Labute approximate surface area is 118 Å². The molecule has 0 saturated carbocycles. The lowest BCUT2D eigenvalue weighted by atomic mass is 10.1. The molecular weight excluding hydrogens is 252 g/mol. The van der Waals surface area contributed by atoms with Crippen molar-refractivity contribution in [1.29, 1.82) is 0 Å². The first-order valence-electron chi connectivity index (χ1n) is 7.16. The highest BCUT2D eigenvalue weighted by Gasteiger charge is 2.18. The van der Waals surface area contributed by atoms with Crippen LogP contribution in [-0.4, -0.2) is 50.3 Å². The van der Waals surface area contributed by atoms with Gasteiger partial charge in [-0.2, -0.15) is 5.10 Å². The fourth-order valence-electron chi connectivity index (χ4n) is 2.63.